The van der Waals surface area contributed by atoms with E-state index >= 15 is 0 Å². The second kappa shape index (κ2) is 6.85. The molecule has 3 saturated carbocycles. The van der Waals surface area contributed by atoms with Crippen LogP contribution in [0, 0.1) is 34.5 Å². The third kappa shape index (κ3) is 2.99. The minimum atomic E-state index is -0.147. The number of allylic oxidation sites excluding steroid dienone is 1. The lowest BCUT2D eigenvalue weighted by Crippen LogP contribution is -2.51. The van der Waals surface area contributed by atoms with Gasteiger partial charge in [-0.1, -0.05) is 25.5 Å². The molecule has 4 nitrogen and oxygen atoms in total. The zero-order valence-corrected chi connectivity index (χ0v) is 18.2. The molecule has 8 atom stereocenters. The van der Waals surface area contributed by atoms with Gasteiger partial charge in [-0.15, -0.1) is 0 Å². The van der Waals surface area contributed by atoms with Gasteiger partial charge in [-0.2, -0.15) is 0 Å². The number of hydrogen-bond donors (Lipinski definition) is 0. The van der Waals surface area contributed by atoms with Gasteiger partial charge in [-0.05, 0) is 80.0 Å². The molecule has 0 N–H and O–H groups in total. The largest absolute Gasteiger partial charge is 0.462 e. The molecular formula is C25H36O4. The maximum absolute atomic E-state index is 11.7. The summed E-state index contributed by atoms with van der Waals surface area (Å²) in [6, 6.07) is 0. The Hall–Kier alpha value is -1.32. The molecule has 0 aromatic heterocycles. The monoisotopic (exact) mass is 400 g/mol. The van der Waals surface area contributed by atoms with Gasteiger partial charge >= 0.3 is 11.9 Å². The highest BCUT2D eigenvalue weighted by atomic mass is 16.6. The van der Waals surface area contributed by atoms with Crippen molar-refractivity contribution in [1.29, 1.82) is 0 Å². The predicted octanol–water partition coefficient (Wildman–Crippen LogP) is 5.20. The molecular weight excluding hydrogens is 364 g/mol. The summed E-state index contributed by atoms with van der Waals surface area (Å²) in [5, 5.41) is 0. The highest BCUT2D eigenvalue weighted by Gasteiger charge is 2.60. The van der Waals surface area contributed by atoms with Crippen LogP contribution in [0.5, 0.6) is 0 Å². The van der Waals surface area contributed by atoms with E-state index in [9.17, 15) is 9.59 Å². The van der Waals surface area contributed by atoms with Crippen molar-refractivity contribution in [2.24, 2.45) is 34.5 Å². The first kappa shape index (κ1) is 19.6. The lowest BCUT2D eigenvalue weighted by Gasteiger charge is -2.58. The molecule has 0 aromatic carbocycles. The number of ether oxygens (including phenoxy) is 2. The van der Waals surface area contributed by atoms with E-state index in [2.05, 4.69) is 19.9 Å². The van der Waals surface area contributed by atoms with Gasteiger partial charge in [0.2, 0.25) is 0 Å². The quantitative estimate of drug-likeness (QED) is 0.472. The van der Waals surface area contributed by atoms with Gasteiger partial charge in [0.25, 0.3) is 0 Å². The van der Waals surface area contributed by atoms with Gasteiger partial charge in [-0.3, -0.25) is 9.59 Å². The van der Waals surface area contributed by atoms with Crippen molar-refractivity contribution in [3.8, 4) is 0 Å². The van der Waals surface area contributed by atoms with Crippen LogP contribution in [0.15, 0.2) is 11.6 Å². The molecule has 160 valence electrons. The predicted molar refractivity (Wildman–Crippen MR) is 110 cm³/mol. The number of rotatable bonds is 2. The first-order valence-corrected chi connectivity index (χ1v) is 11.9. The number of hydrogen-bond acceptors (Lipinski definition) is 4. The maximum atomic E-state index is 11.7. The Kier molecular flexibility index (Phi) is 4.64. The average Bonchev–Trinajstić information content (AvgIpc) is 3.24. The van der Waals surface area contributed by atoms with Crippen LogP contribution < -0.4 is 0 Å². The Morgan fingerprint density at radius 1 is 1.07 bits per heavy atom. The summed E-state index contributed by atoms with van der Waals surface area (Å²) >= 11 is 0. The minimum Gasteiger partial charge on any atom is -0.462 e. The maximum Gasteiger partial charge on any atom is 0.306 e. The molecule has 1 aliphatic heterocycles. The first-order valence-electron chi connectivity index (χ1n) is 11.9. The third-order valence-corrected chi connectivity index (χ3v) is 9.83. The molecule has 4 aliphatic carbocycles. The van der Waals surface area contributed by atoms with Gasteiger partial charge in [-0.25, -0.2) is 0 Å². The molecule has 5 rings (SSSR count). The zero-order valence-electron chi connectivity index (χ0n) is 18.2. The lowest BCUT2D eigenvalue weighted by molar-refractivity contribution is -0.150. The van der Waals surface area contributed by atoms with Crippen molar-refractivity contribution in [3.05, 3.63) is 11.6 Å². The zero-order chi connectivity index (χ0) is 20.4. The summed E-state index contributed by atoms with van der Waals surface area (Å²) in [6.45, 7) is 6.53. The van der Waals surface area contributed by atoms with Crippen molar-refractivity contribution in [3.63, 3.8) is 0 Å². The van der Waals surface area contributed by atoms with Crippen LogP contribution in [-0.2, 0) is 19.1 Å². The van der Waals surface area contributed by atoms with E-state index in [-0.39, 0.29) is 29.6 Å². The molecule has 4 heteroatoms. The Morgan fingerprint density at radius 2 is 1.86 bits per heavy atom. The summed E-state index contributed by atoms with van der Waals surface area (Å²) in [5.41, 5.74) is 2.16. The van der Waals surface area contributed by atoms with Crippen molar-refractivity contribution in [2.45, 2.75) is 97.2 Å². The van der Waals surface area contributed by atoms with Crippen LogP contribution in [0.3, 0.4) is 0 Å². The van der Waals surface area contributed by atoms with Crippen LogP contribution >= 0.6 is 0 Å². The second-order valence-electron chi connectivity index (χ2n) is 11.0. The van der Waals surface area contributed by atoms with Gasteiger partial charge in [0, 0.05) is 25.7 Å². The Morgan fingerprint density at radius 3 is 2.59 bits per heavy atom. The molecule has 0 amide bonds. The number of cyclic esters (lactones) is 1. The fraction of sp³-hybridized carbons (Fsp3) is 0.840. The van der Waals surface area contributed by atoms with Crippen LogP contribution in [0.2, 0.25) is 0 Å². The highest BCUT2D eigenvalue weighted by molar-refractivity contribution is 5.71. The van der Waals surface area contributed by atoms with Crippen LogP contribution in [-0.4, -0.2) is 24.1 Å². The SMILES string of the molecule is CC(=O)OC1CC[C@@]2(C)C(=CC[C@@H]3[C@@H]2CC[C@]2(C)C(C4CCC(=O)O4)CC[C@@H]32)C1. The van der Waals surface area contributed by atoms with E-state index < -0.39 is 0 Å². The molecule has 5 aliphatic rings. The van der Waals surface area contributed by atoms with E-state index in [1.165, 1.54) is 39.0 Å². The van der Waals surface area contributed by atoms with E-state index in [0.717, 1.165) is 43.4 Å². The Balaban J connectivity index is 1.37. The van der Waals surface area contributed by atoms with Crippen molar-refractivity contribution in [1.82, 2.24) is 0 Å². The first-order chi connectivity index (χ1) is 13.8. The molecule has 1 saturated heterocycles. The number of carbonyl (C=O) groups excluding carboxylic acids is 2. The smallest absolute Gasteiger partial charge is 0.306 e. The van der Waals surface area contributed by atoms with Crippen LogP contribution in [0.1, 0.15) is 85.0 Å². The fourth-order valence-corrected chi connectivity index (χ4v) is 8.44. The van der Waals surface area contributed by atoms with Crippen molar-refractivity contribution in [2.75, 3.05) is 0 Å². The molecule has 1 heterocycles. The van der Waals surface area contributed by atoms with E-state index in [0.29, 0.717) is 17.8 Å². The van der Waals surface area contributed by atoms with Crippen LogP contribution in [0.25, 0.3) is 0 Å². The molecule has 0 bridgehead atoms. The molecule has 0 aromatic rings. The molecule has 29 heavy (non-hydrogen) atoms. The van der Waals surface area contributed by atoms with Gasteiger partial charge in [0.05, 0.1) is 0 Å². The average molecular weight is 401 g/mol. The Labute approximate surface area is 174 Å². The summed E-state index contributed by atoms with van der Waals surface area (Å²) in [4.78, 5) is 23.2. The number of esters is 2. The summed E-state index contributed by atoms with van der Waals surface area (Å²) < 4.78 is 11.3. The summed E-state index contributed by atoms with van der Waals surface area (Å²) in [7, 11) is 0. The molecule has 4 fully saturated rings. The normalized spacial score (nSPS) is 48.8. The highest BCUT2D eigenvalue weighted by Crippen LogP contribution is 2.67. The van der Waals surface area contributed by atoms with Crippen molar-refractivity contribution < 1.29 is 19.1 Å². The fourth-order valence-electron chi connectivity index (χ4n) is 8.44. The Bertz CT molecular complexity index is 741. The van der Waals surface area contributed by atoms with Crippen LogP contribution in [0.4, 0.5) is 0 Å². The standard InChI is InChI=1S/C25H36O4/c1-15(26)28-17-10-12-24(2)16(14-17)4-5-18-19-6-7-21(22-8-9-23(27)29-22)25(19,3)13-11-20(18)24/h4,17-22H,5-14H2,1-3H3/t17?,18-,19-,20-,21?,22?,24-,25-/m0/s1. The minimum absolute atomic E-state index is 0.0121. The van der Waals surface area contributed by atoms with Crippen molar-refractivity contribution >= 4 is 11.9 Å². The van der Waals surface area contributed by atoms with E-state index in [4.69, 9.17) is 9.47 Å². The van der Waals surface area contributed by atoms with Gasteiger partial charge in [0.15, 0.2) is 0 Å². The summed E-state index contributed by atoms with van der Waals surface area (Å²) in [5.74, 6) is 2.69. The number of carbonyl (C=O) groups is 2. The van der Waals surface area contributed by atoms with Gasteiger partial charge in [0.1, 0.15) is 12.2 Å². The third-order valence-electron chi connectivity index (χ3n) is 9.83. The lowest BCUT2D eigenvalue weighted by atomic mass is 9.47. The topological polar surface area (TPSA) is 52.6 Å². The molecule has 0 radical (unpaired) electrons. The van der Waals surface area contributed by atoms with E-state index in [1.807, 2.05) is 0 Å². The summed E-state index contributed by atoms with van der Waals surface area (Å²) in [6.07, 6.45) is 13.6. The molecule has 3 unspecified atom stereocenters. The molecule has 0 spiro atoms. The van der Waals surface area contributed by atoms with Gasteiger partial charge < -0.3 is 9.47 Å². The number of fused-ring (bicyclic) bond motifs is 5. The van der Waals surface area contributed by atoms with E-state index in [1.54, 1.807) is 5.57 Å². The second-order valence-corrected chi connectivity index (χ2v) is 11.0.